The van der Waals surface area contributed by atoms with Gasteiger partial charge in [-0.05, 0) is 67.3 Å². The molecule has 0 spiro atoms. The molecule has 0 unspecified atom stereocenters. The van der Waals surface area contributed by atoms with Crippen molar-refractivity contribution in [2.45, 2.75) is 32.6 Å². The zero-order valence-corrected chi connectivity index (χ0v) is 25.9. The number of pyridine rings is 2. The zero-order valence-electron chi connectivity index (χ0n) is 24.4. The summed E-state index contributed by atoms with van der Waals surface area (Å²) in [7, 11) is 0. The summed E-state index contributed by atoms with van der Waals surface area (Å²) in [4.78, 5) is 33.4. The van der Waals surface area contributed by atoms with E-state index in [1.165, 1.54) is 35.4 Å². The number of aromatic nitrogens is 2. The van der Waals surface area contributed by atoms with E-state index in [9.17, 15) is 27.2 Å². The van der Waals surface area contributed by atoms with Gasteiger partial charge in [0.15, 0.2) is 0 Å². The molecule has 0 radical (unpaired) electrons. The van der Waals surface area contributed by atoms with Crippen LogP contribution in [0.15, 0.2) is 73.1 Å². The van der Waals surface area contributed by atoms with Crippen molar-refractivity contribution in [2.75, 3.05) is 6.54 Å². The molecule has 0 fully saturated rings. The summed E-state index contributed by atoms with van der Waals surface area (Å²) in [6.45, 7) is 2.08. The summed E-state index contributed by atoms with van der Waals surface area (Å²) in [6, 6.07) is 14.1. The quantitative estimate of drug-likeness (QED) is 0.171. The van der Waals surface area contributed by atoms with Crippen LogP contribution in [0.4, 0.5) is 17.6 Å². The maximum atomic E-state index is 14.4. The molecule has 6 nitrogen and oxygen atoms in total. The molecule has 12 heteroatoms. The largest absolute Gasteiger partial charge is 0.325 e. The molecular formula is C34H26Cl2F4N4O2. The Kier molecular flexibility index (Phi) is 10.2. The molecule has 0 saturated heterocycles. The third-order valence-corrected chi connectivity index (χ3v) is 8.11. The van der Waals surface area contributed by atoms with Crippen LogP contribution in [0.25, 0.3) is 22.5 Å². The zero-order chi connectivity index (χ0) is 33.0. The molecule has 0 saturated carbocycles. The van der Waals surface area contributed by atoms with Crippen molar-refractivity contribution in [1.82, 2.24) is 20.2 Å². The topological polar surface area (TPSA) is 75.2 Å². The van der Waals surface area contributed by atoms with E-state index in [1.54, 1.807) is 37.4 Å². The number of allylic oxidation sites excluding steroid dienone is 2. The van der Waals surface area contributed by atoms with Gasteiger partial charge in [-0.15, -0.1) is 0 Å². The van der Waals surface area contributed by atoms with Gasteiger partial charge in [0.05, 0.1) is 22.5 Å². The third kappa shape index (κ3) is 6.68. The highest BCUT2D eigenvalue weighted by molar-refractivity contribution is 6.32. The highest BCUT2D eigenvalue weighted by atomic mass is 35.5. The highest BCUT2D eigenvalue weighted by Gasteiger charge is 2.32. The molecule has 4 heterocycles. The van der Waals surface area contributed by atoms with Crippen molar-refractivity contribution in [3.05, 3.63) is 129 Å². The first kappa shape index (κ1) is 32.8. The van der Waals surface area contributed by atoms with Crippen LogP contribution < -0.4 is 5.32 Å². The van der Waals surface area contributed by atoms with E-state index in [0.29, 0.717) is 41.7 Å². The Morgan fingerprint density at radius 2 is 1.20 bits per heavy atom. The van der Waals surface area contributed by atoms with Gasteiger partial charge < -0.3 is 10.2 Å². The second-order valence-corrected chi connectivity index (χ2v) is 11.0. The van der Waals surface area contributed by atoms with Gasteiger partial charge in [0.25, 0.3) is 0 Å². The lowest BCUT2D eigenvalue weighted by Gasteiger charge is -2.32. The molecule has 236 valence electrons. The van der Waals surface area contributed by atoms with Crippen molar-refractivity contribution in [2.24, 2.45) is 0 Å². The fourth-order valence-electron chi connectivity index (χ4n) is 5.46. The van der Waals surface area contributed by atoms with E-state index in [4.69, 9.17) is 23.2 Å². The molecule has 2 aliphatic rings. The average molecular weight is 670 g/mol. The minimum absolute atomic E-state index is 0.113. The minimum Gasteiger partial charge on any atom is -0.325 e. The maximum Gasteiger partial charge on any atom is 0.227 e. The van der Waals surface area contributed by atoms with E-state index in [1.807, 2.05) is 0 Å². The van der Waals surface area contributed by atoms with Gasteiger partial charge in [-0.3, -0.25) is 9.59 Å². The van der Waals surface area contributed by atoms with Crippen LogP contribution in [0.3, 0.4) is 0 Å². The number of carbonyl (C=O) groups excluding carboxylic acids is 2. The molecule has 2 aliphatic heterocycles. The van der Waals surface area contributed by atoms with Gasteiger partial charge in [0.2, 0.25) is 11.8 Å². The number of nitrogens with one attached hydrogen (secondary N) is 1. The Morgan fingerprint density at radius 1 is 0.696 bits per heavy atom. The van der Waals surface area contributed by atoms with Crippen LogP contribution in [0, 0.1) is 23.3 Å². The Bertz CT molecular complexity index is 1860. The van der Waals surface area contributed by atoms with Gasteiger partial charge in [-0.2, -0.15) is 0 Å². The van der Waals surface area contributed by atoms with Gasteiger partial charge in [0.1, 0.15) is 33.6 Å². The normalized spacial score (nSPS) is 15.1. The lowest BCUT2D eigenvalue weighted by atomic mass is 9.91. The van der Waals surface area contributed by atoms with Crippen LogP contribution in [0.2, 0.25) is 10.3 Å². The summed E-state index contributed by atoms with van der Waals surface area (Å²) in [5, 5.41) is 3.03. The smallest absolute Gasteiger partial charge is 0.227 e. The summed E-state index contributed by atoms with van der Waals surface area (Å²) in [5.41, 5.74) is 2.22. The van der Waals surface area contributed by atoms with Crippen LogP contribution >= 0.6 is 23.2 Å². The molecular weight excluding hydrogens is 643 g/mol. The predicted octanol–water partition coefficient (Wildman–Crippen LogP) is 8.32. The number of amides is 2. The highest BCUT2D eigenvalue weighted by Crippen LogP contribution is 2.40. The number of nitrogens with zero attached hydrogens (tertiary/aromatic N) is 3. The monoisotopic (exact) mass is 668 g/mol. The number of rotatable bonds is 5. The molecule has 6 rings (SSSR count). The number of benzene rings is 2. The second kappa shape index (κ2) is 14.3. The molecule has 0 bridgehead atoms. The molecule has 1 N–H and O–H groups in total. The van der Waals surface area contributed by atoms with E-state index in [0.717, 1.165) is 12.1 Å². The van der Waals surface area contributed by atoms with Crippen molar-refractivity contribution < 1.29 is 27.2 Å². The number of hydrogen-bond acceptors (Lipinski definition) is 4. The molecule has 2 aromatic carbocycles. The number of hydrogen-bond donors (Lipinski definition) is 1. The molecule has 4 aromatic rings. The van der Waals surface area contributed by atoms with Crippen LogP contribution in [0.1, 0.15) is 54.9 Å². The van der Waals surface area contributed by atoms with Crippen molar-refractivity contribution in [3.63, 3.8) is 0 Å². The van der Waals surface area contributed by atoms with E-state index in [-0.39, 0.29) is 57.5 Å². The van der Waals surface area contributed by atoms with Gasteiger partial charge in [0, 0.05) is 42.9 Å². The Hall–Kier alpha value is -4.54. The van der Waals surface area contributed by atoms with Gasteiger partial charge in [-0.25, -0.2) is 27.5 Å². The standard InChI is InChI=1S/C18H15ClF2N2O.C16H11ClF2N2O/c1-2-23-15(24)9-8-11(12-5-4-10-22-18(12)19)17(23)16-13(20)6-3-7-14(16)21;17-16-10(3-2-8-20-16)9-6-7-13(22)21-15(9)14-11(18)4-1-5-12(14)19/h3-7,10H,2,8-9H2,1H3;1-5,8H,6-7H2,(H,21,22). The predicted molar refractivity (Wildman–Crippen MR) is 169 cm³/mol. The van der Waals surface area contributed by atoms with Crippen LogP contribution in [0.5, 0.6) is 0 Å². The lowest BCUT2D eigenvalue weighted by Crippen LogP contribution is -2.33. The SMILES string of the molecule is CCN1C(=O)CCC(c2cccnc2Cl)=C1c1c(F)cccc1F.O=C1CCC(c2cccnc2Cl)=C(c2c(F)cccc2F)N1. The Labute approximate surface area is 272 Å². The lowest BCUT2D eigenvalue weighted by molar-refractivity contribution is -0.128. The fraction of sp³-hybridized carbons (Fsp3) is 0.176. The first-order valence-corrected chi connectivity index (χ1v) is 15.0. The average Bonchev–Trinajstić information content (AvgIpc) is 3.02. The van der Waals surface area contributed by atoms with Crippen molar-refractivity contribution in [3.8, 4) is 0 Å². The van der Waals surface area contributed by atoms with Crippen molar-refractivity contribution in [1.29, 1.82) is 0 Å². The first-order valence-electron chi connectivity index (χ1n) is 14.3. The first-order chi connectivity index (χ1) is 22.1. The maximum absolute atomic E-state index is 14.4. The second-order valence-electron chi connectivity index (χ2n) is 10.2. The third-order valence-electron chi connectivity index (χ3n) is 7.51. The van der Waals surface area contributed by atoms with Crippen molar-refractivity contribution >= 4 is 57.6 Å². The number of carbonyl (C=O) groups is 2. The summed E-state index contributed by atoms with van der Waals surface area (Å²) in [5.74, 6) is -3.36. The molecule has 0 atom stereocenters. The number of halogens is 6. The van der Waals surface area contributed by atoms with Gasteiger partial charge in [-0.1, -0.05) is 47.5 Å². The van der Waals surface area contributed by atoms with Gasteiger partial charge >= 0.3 is 0 Å². The van der Waals surface area contributed by atoms with E-state index >= 15 is 0 Å². The fourth-order valence-corrected chi connectivity index (χ4v) is 5.93. The van der Waals surface area contributed by atoms with Crippen LogP contribution in [-0.4, -0.2) is 33.2 Å². The molecule has 46 heavy (non-hydrogen) atoms. The molecule has 2 amide bonds. The summed E-state index contributed by atoms with van der Waals surface area (Å²) < 4.78 is 57.0. The Morgan fingerprint density at radius 3 is 1.72 bits per heavy atom. The molecule has 2 aromatic heterocycles. The minimum atomic E-state index is -0.741. The van der Waals surface area contributed by atoms with E-state index in [2.05, 4.69) is 15.3 Å². The summed E-state index contributed by atoms with van der Waals surface area (Å²) in [6.07, 6.45) is 4.23. The molecule has 0 aliphatic carbocycles. The van der Waals surface area contributed by atoms with E-state index < -0.39 is 23.3 Å². The summed E-state index contributed by atoms with van der Waals surface area (Å²) >= 11 is 12.3. The Balaban J connectivity index is 0.000000182. The van der Waals surface area contributed by atoms with Crippen LogP contribution in [-0.2, 0) is 9.59 Å².